The molecule has 0 aliphatic carbocycles. The normalized spacial score (nSPS) is 19.1. The highest BCUT2D eigenvalue weighted by Gasteiger charge is 2.57. The Morgan fingerprint density at radius 3 is 2.49 bits per heavy atom. The minimum absolute atomic E-state index is 0.172. The molecule has 3 heterocycles. The molecule has 1 saturated heterocycles. The number of H-pyrrole nitrogens is 1. The minimum atomic E-state index is -0.986. The van der Waals surface area contributed by atoms with Crippen molar-refractivity contribution in [3.63, 3.8) is 0 Å². The fraction of sp³-hybridized carbons (Fsp3) is 0.143. The van der Waals surface area contributed by atoms with Crippen LogP contribution in [0.1, 0.15) is 16.4 Å². The van der Waals surface area contributed by atoms with E-state index in [1.54, 1.807) is 12.1 Å². The topological polar surface area (TPSA) is 152 Å². The predicted octanol–water partition coefficient (Wildman–Crippen LogP) is 4.95. The summed E-state index contributed by atoms with van der Waals surface area (Å²) in [7, 11) is 0. The first-order valence-corrected chi connectivity index (χ1v) is 14.7. The maximum absolute atomic E-state index is 14.0. The summed E-state index contributed by atoms with van der Waals surface area (Å²) in [5.41, 5.74) is 0.727. The molecular weight excluding hydrogens is 623 g/mol. The Kier molecular flexibility index (Phi) is 7.50. The maximum atomic E-state index is 14.0. The molecule has 3 amide bonds. The van der Waals surface area contributed by atoms with Crippen LogP contribution in [0.4, 0.5) is 21.5 Å². The number of fused-ring (bicyclic) bond motifs is 2. The summed E-state index contributed by atoms with van der Waals surface area (Å²) in [6, 6.07) is 14.9. The third-order valence-electron chi connectivity index (χ3n) is 6.94. The van der Waals surface area contributed by atoms with E-state index in [-0.39, 0.29) is 22.0 Å². The number of hydrogen-bond donors (Lipinski definition) is 2. The Bertz CT molecular complexity index is 1850. The smallest absolute Gasteiger partial charge is 0.305 e. The van der Waals surface area contributed by atoms with Crippen molar-refractivity contribution in [1.29, 1.82) is 0 Å². The first kappa shape index (κ1) is 28.6. The van der Waals surface area contributed by atoms with Gasteiger partial charge in [-0.2, -0.15) is 0 Å². The number of nitro benzene ring substituents is 1. The minimum Gasteiger partial charge on any atom is -0.483 e. The van der Waals surface area contributed by atoms with Gasteiger partial charge in [-0.3, -0.25) is 29.3 Å². The number of thiazole rings is 1. The van der Waals surface area contributed by atoms with Crippen molar-refractivity contribution in [2.45, 2.75) is 16.2 Å². The number of imide groups is 1. The number of halogens is 2. The van der Waals surface area contributed by atoms with Crippen LogP contribution in [-0.4, -0.2) is 39.5 Å². The quantitative estimate of drug-likeness (QED) is 0.164. The standard InChI is InChI=1S/C28H18ClFN4O7S2/c29-13-1-10-19(41-12-20(35)31-15-4-2-14(30)3-5-15)18(11-13)21-22-24(42-25-23(21)43-28(38)32-25)27(37)33(26(22)36)16-6-8-17(9-7-16)34(39)40/h1-11,21-22,24H,12H2,(H,31,35)(H,32,38)/t21-,22-,24+/m0/s1. The van der Waals surface area contributed by atoms with Crippen LogP contribution in [0.3, 0.4) is 0 Å². The van der Waals surface area contributed by atoms with E-state index >= 15 is 0 Å². The Morgan fingerprint density at radius 2 is 1.79 bits per heavy atom. The highest BCUT2D eigenvalue weighted by atomic mass is 35.5. The molecule has 0 bridgehead atoms. The summed E-state index contributed by atoms with van der Waals surface area (Å²) in [5, 5.41) is 13.5. The lowest BCUT2D eigenvalue weighted by molar-refractivity contribution is -0.384. The Labute approximate surface area is 254 Å². The molecule has 15 heteroatoms. The van der Waals surface area contributed by atoms with Crippen molar-refractivity contribution < 1.29 is 28.4 Å². The zero-order valence-corrected chi connectivity index (χ0v) is 24.0. The number of amides is 3. The van der Waals surface area contributed by atoms with Crippen molar-refractivity contribution in [1.82, 2.24) is 4.98 Å². The summed E-state index contributed by atoms with van der Waals surface area (Å²) in [4.78, 5) is 67.1. The molecule has 3 atom stereocenters. The van der Waals surface area contributed by atoms with Crippen molar-refractivity contribution in [2.75, 3.05) is 16.8 Å². The number of aromatic amines is 1. The molecule has 2 aliphatic rings. The zero-order chi connectivity index (χ0) is 30.4. The summed E-state index contributed by atoms with van der Waals surface area (Å²) >= 11 is 8.33. The van der Waals surface area contributed by atoms with Crippen molar-refractivity contribution in [3.05, 3.63) is 108 Å². The van der Waals surface area contributed by atoms with Crippen molar-refractivity contribution in [3.8, 4) is 5.75 Å². The summed E-state index contributed by atoms with van der Waals surface area (Å²) in [6.45, 7) is -0.445. The van der Waals surface area contributed by atoms with E-state index in [1.807, 2.05) is 0 Å². The molecule has 1 fully saturated rings. The van der Waals surface area contributed by atoms with Gasteiger partial charge in [-0.15, -0.1) is 0 Å². The molecular formula is C28H18ClFN4O7S2. The largest absolute Gasteiger partial charge is 0.483 e. The van der Waals surface area contributed by atoms with Crippen LogP contribution in [0.25, 0.3) is 0 Å². The van der Waals surface area contributed by atoms with Gasteiger partial charge in [0.2, 0.25) is 11.8 Å². The van der Waals surface area contributed by atoms with Gasteiger partial charge in [-0.25, -0.2) is 9.29 Å². The van der Waals surface area contributed by atoms with Crippen LogP contribution in [0.5, 0.6) is 5.75 Å². The molecule has 6 rings (SSSR count). The molecule has 11 nitrogen and oxygen atoms in total. The second-order valence-corrected chi connectivity index (χ2v) is 12.2. The number of nitro groups is 1. The lowest BCUT2D eigenvalue weighted by Crippen LogP contribution is -2.32. The highest BCUT2D eigenvalue weighted by molar-refractivity contribution is 8.00. The average molecular weight is 641 g/mol. The van der Waals surface area contributed by atoms with E-state index in [9.17, 15) is 33.7 Å². The van der Waals surface area contributed by atoms with Gasteiger partial charge >= 0.3 is 4.87 Å². The maximum Gasteiger partial charge on any atom is 0.305 e. The van der Waals surface area contributed by atoms with E-state index in [0.29, 0.717) is 26.2 Å². The van der Waals surface area contributed by atoms with Gasteiger partial charge in [-0.1, -0.05) is 34.7 Å². The number of carbonyl (C=O) groups excluding carboxylic acids is 3. The van der Waals surface area contributed by atoms with Gasteiger partial charge in [0, 0.05) is 39.2 Å². The molecule has 0 unspecified atom stereocenters. The van der Waals surface area contributed by atoms with E-state index in [2.05, 4.69) is 10.3 Å². The van der Waals surface area contributed by atoms with Crippen LogP contribution < -0.4 is 19.8 Å². The first-order chi connectivity index (χ1) is 20.6. The zero-order valence-electron chi connectivity index (χ0n) is 21.6. The summed E-state index contributed by atoms with van der Waals surface area (Å²) < 4.78 is 19.1. The van der Waals surface area contributed by atoms with Crippen LogP contribution in [0.15, 0.2) is 76.6 Å². The Balaban J connectivity index is 1.35. The van der Waals surface area contributed by atoms with Gasteiger partial charge in [0.25, 0.3) is 11.6 Å². The molecule has 218 valence electrons. The molecule has 43 heavy (non-hydrogen) atoms. The van der Waals surface area contributed by atoms with E-state index in [1.165, 1.54) is 54.6 Å². The molecule has 4 aromatic rings. The van der Waals surface area contributed by atoms with Crippen molar-refractivity contribution >= 4 is 69.5 Å². The molecule has 0 saturated carbocycles. The van der Waals surface area contributed by atoms with Crippen LogP contribution in [0, 0.1) is 21.8 Å². The second kappa shape index (κ2) is 11.3. The number of nitrogens with zero attached hydrogens (tertiary/aromatic N) is 2. The fourth-order valence-corrected chi connectivity index (χ4v) is 7.78. The third kappa shape index (κ3) is 5.40. The SMILES string of the molecule is O=C(COc1ccc(Cl)cc1[C@@H]1c2sc(=O)[nH]c2S[C@H]2C(=O)N(c3ccc([N+](=O)[O-])cc3)C(=O)[C@@H]12)Nc1ccc(F)cc1. The number of benzene rings is 3. The average Bonchev–Trinajstić information content (AvgIpc) is 3.47. The number of carbonyl (C=O) groups is 3. The molecule has 0 spiro atoms. The summed E-state index contributed by atoms with van der Waals surface area (Å²) in [6.07, 6.45) is 0. The van der Waals surface area contributed by atoms with E-state index in [4.69, 9.17) is 16.3 Å². The lowest BCUT2D eigenvalue weighted by atomic mass is 9.82. The number of non-ortho nitro benzene ring substituents is 1. The highest BCUT2D eigenvalue weighted by Crippen LogP contribution is 2.54. The number of hydrogen-bond acceptors (Lipinski definition) is 9. The van der Waals surface area contributed by atoms with Gasteiger partial charge in [0.15, 0.2) is 6.61 Å². The Hall–Kier alpha value is -4.53. The number of aromatic nitrogens is 1. The van der Waals surface area contributed by atoms with E-state index < -0.39 is 52.2 Å². The van der Waals surface area contributed by atoms with Crippen LogP contribution >= 0.6 is 34.7 Å². The lowest BCUT2D eigenvalue weighted by Gasteiger charge is -2.31. The Morgan fingerprint density at radius 1 is 1.07 bits per heavy atom. The number of nitrogens with one attached hydrogen (secondary N) is 2. The van der Waals surface area contributed by atoms with Crippen molar-refractivity contribution in [2.24, 2.45) is 5.92 Å². The third-order valence-corrected chi connectivity index (χ3v) is 9.57. The monoisotopic (exact) mass is 640 g/mol. The molecule has 2 N–H and O–H groups in total. The molecule has 1 aromatic heterocycles. The fourth-order valence-electron chi connectivity index (χ4n) is 5.10. The molecule has 2 aliphatic heterocycles. The summed E-state index contributed by atoms with van der Waals surface area (Å²) in [5.74, 6) is -3.72. The number of rotatable bonds is 7. The molecule has 3 aromatic carbocycles. The van der Waals surface area contributed by atoms with Gasteiger partial charge in [0.05, 0.1) is 21.6 Å². The molecule has 0 radical (unpaired) electrons. The van der Waals surface area contributed by atoms with Gasteiger partial charge in [-0.05, 0) is 54.6 Å². The van der Waals surface area contributed by atoms with E-state index in [0.717, 1.165) is 28.0 Å². The van der Waals surface area contributed by atoms with Gasteiger partial charge < -0.3 is 15.0 Å². The van der Waals surface area contributed by atoms with Crippen LogP contribution in [0.2, 0.25) is 5.02 Å². The predicted molar refractivity (Wildman–Crippen MR) is 157 cm³/mol. The van der Waals surface area contributed by atoms with Gasteiger partial charge in [0.1, 0.15) is 16.8 Å². The number of thioether (sulfide) groups is 1. The first-order valence-electron chi connectivity index (χ1n) is 12.6. The number of anilines is 2. The second-order valence-electron chi connectivity index (χ2n) is 9.56. The number of ether oxygens (including phenoxy) is 1. The van der Waals surface area contributed by atoms with Crippen LogP contribution in [-0.2, 0) is 14.4 Å².